The fourth-order valence-corrected chi connectivity index (χ4v) is 1.53. The van der Waals surface area contributed by atoms with Gasteiger partial charge in [-0.05, 0) is 24.6 Å². The molecule has 0 saturated heterocycles. The van der Waals surface area contributed by atoms with Gasteiger partial charge < -0.3 is 10.5 Å². The summed E-state index contributed by atoms with van der Waals surface area (Å²) in [5, 5.41) is 0.759. The van der Waals surface area contributed by atoms with E-state index in [0.29, 0.717) is 6.61 Å². The molecule has 0 bridgehead atoms. The molecule has 1 aromatic carbocycles. The Bertz CT molecular complexity index is 325. The quantitative estimate of drug-likeness (QED) is 0.668. The maximum atomic E-state index is 5.95. The zero-order chi connectivity index (χ0) is 8.72. The van der Waals surface area contributed by atoms with Gasteiger partial charge in [0.15, 0.2) is 0 Å². The van der Waals surface area contributed by atoms with Gasteiger partial charge in [-0.25, -0.2) is 0 Å². The minimum Gasteiger partial charge on any atom is -0.491 e. The minimum absolute atomic E-state index is 0.0156. The zero-order valence-electron chi connectivity index (χ0n) is 6.80. The maximum absolute atomic E-state index is 5.95. The van der Waals surface area contributed by atoms with E-state index in [2.05, 4.69) is 0 Å². The van der Waals surface area contributed by atoms with Crippen molar-refractivity contribution in [2.75, 3.05) is 6.61 Å². The summed E-state index contributed by atoms with van der Waals surface area (Å²) in [5.74, 6) is 0.879. The van der Waals surface area contributed by atoms with Gasteiger partial charge >= 0.3 is 0 Å². The third-order valence-electron chi connectivity index (χ3n) is 2.11. The molecular weight excluding hydrogens is 174 g/mol. The average Bonchev–Trinajstić information content (AvgIpc) is 2.35. The van der Waals surface area contributed by atoms with Crippen LogP contribution < -0.4 is 10.5 Å². The second-order valence-corrected chi connectivity index (χ2v) is 3.46. The van der Waals surface area contributed by atoms with Crippen molar-refractivity contribution in [3.63, 3.8) is 0 Å². The molecular formula is C9H10ClNO. The molecule has 1 aromatic rings. The molecule has 1 heterocycles. The van der Waals surface area contributed by atoms with Crippen molar-refractivity contribution in [1.82, 2.24) is 0 Å². The Kier molecular flexibility index (Phi) is 1.74. The Hall–Kier alpha value is -0.730. The van der Waals surface area contributed by atoms with Crippen LogP contribution in [0, 0.1) is 6.92 Å². The highest BCUT2D eigenvalue weighted by atomic mass is 35.5. The van der Waals surface area contributed by atoms with Crippen molar-refractivity contribution in [2.24, 2.45) is 5.73 Å². The molecule has 0 aromatic heterocycles. The predicted molar refractivity (Wildman–Crippen MR) is 48.6 cm³/mol. The molecule has 1 aliphatic heterocycles. The van der Waals surface area contributed by atoms with E-state index in [1.807, 2.05) is 19.1 Å². The predicted octanol–water partition coefficient (Wildman–Crippen LogP) is 2.04. The molecule has 64 valence electrons. The molecule has 12 heavy (non-hydrogen) atoms. The van der Waals surface area contributed by atoms with Crippen molar-refractivity contribution < 1.29 is 4.74 Å². The van der Waals surface area contributed by atoms with Crippen LogP contribution in [0.3, 0.4) is 0 Å². The van der Waals surface area contributed by atoms with Gasteiger partial charge in [0.25, 0.3) is 0 Å². The highest BCUT2D eigenvalue weighted by molar-refractivity contribution is 6.31. The number of benzene rings is 1. The van der Waals surface area contributed by atoms with Crippen molar-refractivity contribution in [2.45, 2.75) is 13.0 Å². The normalized spacial score (nSPS) is 20.4. The van der Waals surface area contributed by atoms with Gasteiger partial charge in [-0.1, -0.05) is 11.6 Å². The van der Waals surface area contributed by atoms with Crippen molar-refractivity contribution in [3.8, 4) is 5.75 Å². The SMILES string of the molecule is Cc1cc2c(cc1Cl)C(N)CO2. The van der Waals surface area contributed by atoms with Gasteiger partial charge in [-0.15, -0.1) is 0 Å². The van der Waals surface area contributed by atoms with Crippen LogP contribution in [0.5, 0.6) is 5.75 Å². The molecule has 2 N–H and O–H groups in total. The summed E-state index contributed by atoms with van der Waals surface area (Å²) in [4.78, 5) is 0. The van der Waals surface area contributed by atoms with E-state index in [1.54, 1.807) is 0 Å². The summed E-state index contributed by atoms with van der Waals surface area (Å²) in [7, 11) is 0. The molecule has 1 atom stereocenters. The van der Waals surface area contributed by atoms with Crippen LogP contribution >= 0.6 is 11.6 Å². The monoisotopic (exact) mass is 183 g/mol. The minimum atomic E-state index is -0.0156. The summed E-state index contributed by atoms with van der Waals surface area (Å²) in [6.45, 7) is 2.52. The van der Waals surface area contributed by atoms with Crippen molar-refractivity contribution >= 4 is 11.6 Å². The smallest absolute Gasteiger partial charge is 0.124 e. The molecule has 0 fully saturated rings. The van der Waals surface area contributed by atoms with E-state index in [4.69, 9.17) is 22.1 Å². The first-order chi connectivity index (χ1) is 5.68. The van der Waals surface area contributed by atoms with Crippen molar-refractivity contribution in [1.29, 1.82) is 0 Å². The summed E-state index contributed by atoms with van der Waals surface area (Å²) >= 11 is 5.95. The number of halogens is 1. The lowest BCUT2D eigenvalue weighted by Gasteiger charge is -2.03. The van der Waals surface area contributed by atoms with E-state index in [-0.39, 0.29) is 6.04 Å². The number of nitrogens with two attached hydrogens (primary N) is 1. The Morgan fingerprint density at radius 1 is 1.58 bits per heavy atom. The number of rotatable bonds is 0. The zero-order valence-corrected chi connectivity index (χ0v) is 7.56. The second kappa shape index (κ2) is 2.64. The molecule has 2 nitrogen and oxygen atoms in total. The molecule has 3 heteroatoms. The van der Waals surface area contributed by atoms with Crippen LogP contribution in [0.2, 0.25) is 5.02 Å². The van der Waals surface area contributed by atoms with Gasteiger partial charge in [0.2, 0.25) is 0 Å². The number of hydrogen-bond acceptors (Lipinski definition) is 2. The first-order valence-electron chi connectivity index (χ1n) is 3.87. The van der Waals surface area contributed by atoms with Gasteiger partial charge in [0.05, 0.1) is 6.04 Å². The second-order valence-electron chi connectivity index (χ2n) is 3.06. The van der Waals surface area contributed by atoms with E-state index in [9.17, 15) is 0 Å². The van der Waals surface area contributed by atoms with E-state index in [1.165, 1.54) is 0 Å². The van der Waals surface area contributed by atoms with Crippen LogP contribution in [0.4, 0.5) is 0 Å². The highest BCUT2D eigenvalue weighted by Crippen LogP contribution is 2.34. The summed E-state index contributed by atoms with van der Waals surface area (Å²) in [5.41, 5.74) is 7.83. The third-order valence-corrected chi connectivity index (χ3v) is 2.52. The molecule has 2 rings (SSSR count). The van der Waals surface area contributed by atoms with E-state index >= 15 is 0 Å². The molecule has 1 unspecified atom stereocenters. The largest absolute Gasteiger partial charge is 0.491 e. The first kappa shape index (κ1) is 7.90. The molecule has 0 saturated carbocycles. The van der Waals surface area contributed by atoms with Gasteiger partial charge in [0.1, 0.15) is 12.4 Å². The van der Waals surface area contributed by atoms with Gasteiger partial charge in [-0.3, -0.25) is 0 Å². The first-order valence-corrected chi connectivity index (χ1v) is 4.24. The fourth-order valence-electron chi connectivity index (χ4n) is 1.35. The van der Waals surface area contributed by atoms with E-state index in [0.717, 1.165) is 21.9 Å². The van der Waals surface area contributed by atoms with Crippen LogP contribution in [0.15, 0.2) is 12.1 Å². The average molecular weight is 184 g/mol. The third kappa shape index (κ3) is 1.08. The lowest BCUT2D eigenvalue weighted by Crippen LogP contribution is -2.10. The van der Waals surface area contributed by atoms with Crippen LogP contribution in [0.1, 0.15) is 17.2 Å². The lowest BCUT2D eigenvalue weighted by atomic mass is 10.1. The topological polar surface area (TPSA) is 35.2 Å². The van der Waals surface area contributed by atoms with Crippen molar-refractivity contribution in [3.05, 3.63) is 28.3 Å². The Morgan fingerprint density at radius 2 is 2.33 bits per heavy atom. The number of aryl methyl sites for hydroxylation is 1. The molecule has 0 aliphatic carbocycles. The summed E-state index contributed by atoms with van der Waals surface area (Å²) in [6, 6.07) is 3.81. The van der Waals surface area contributed by atoms with Crippen LogP contribution in [-0.2, 0) is 0 Å². The maximum Gasteiger partial charge on any atom is 0.124 e. The van der Waals surface area contributed by atoms with Crippen LogP contribution in [-0.4, -0.2) is 6.61 Å². The molecule has 0 spiro atoms. The molecule has 0 radical (unpaired) electrons. The van der Waals surface area contributed by atoms with E-state index < -0.39 is 0 Å². The number of fused-ring (bicyclic) bond motifs is 1. The Labute approximate surface area is 76.3 Å². The number of ether oxygens (including phenoxy) is 1. The lowest BCUT2D eigenvalue weighted by molar-refractivity contribution is 0.333. The Morgan fingerprint density at radius 3 is 3.08 bits per heavy atom. The fraction of sp³-hybridized carbons (Fsp3) is 0.333. The number of hydrogen-bond donors (Lipinski definition) is 1. The van der Waals surface area contributed by atoms with Gasteiger partial charge in [0, 0.05) is 10.6 Å². The molecule has 0 amide bonds. The molecule has 1 aliphatic rings. The van der Waals surface area contributed by atoms with Crippen LogP contribution in [0.25, 0.3) is 0 Å². The summed E-state index contributed by atoms with van der Waals surface area (Å²) in [6.07, 6.45) is 0. The van der Waals surface area contributed by atoms with Gasteiger partial charge in [-0.2, -0.15) is 0 Å². The highest BCUT2D eigenvalue weighted by Gasteiger charge is 2.21. The standard InChI is InChI=1S/C9H10ClNO/c1-5-2-9-6(3-7(5)10)8(11)4-12-9/h2-3,8H,4,11H2,1H3. The Balaban J connectivity index is 2.56. The summed E-state index contributed by atoms with van der Waals surface area (Å²) < 4.78 is 5.36.